The summed E-state index contributed by atoms with van der Waals surface area (Å²) in [6, 6.07) is 0. The van der Waals surface area contributed by atoms with Crippen LogP contribution in [0.3, 0.4) is 0 Å². The van der Waals surface area contributed by atoms with Gasteiger partial charge >= 0.3 is 0 Å². The van der Waals surface area contributed by atoms with Gasteiger partial charge < -0.3 is 14.5 Å². The molecule has 0 N–H and O–H groups in total. The Hall–Kier alpha value is -2.29. The SMILES string of the molecule is CCn1nnc2c(N3CC(C(=O)N4CC(C)OC(C)C4)C3)ncnc21. The van der Waals surface area contributed by atoms with E-state index >= 15 is 0 Å². The third-order valence-corrected chi connectivity index (χ3v) is 4.84. The molecule has 0 saturated carbocycles. The first-order valence-electron chi connectivity index (χ1n) is 8.80. The molecule has 4 rings (SSSR count). The predicted octanol–water partition coefficient (Wildman–Crippen LogP) is 0.313. The van der Waals surface area contributed by atoms with Crippen molar-refractivity contribution >= 4 is 22.9 Å². The van der Waals surface area contributed by atoms with Crippen LogP contribution < -0.4 is 4.90 Å². The Kier molecular flexibility index (Phi) is 4.03. The Bertz CT molecular complexity index is 776. The maximum atomic E-state index is 12.7. The van der Waals surface area contributed by atoms with Crippen molar-refractivity contribution in [1.82, 2.24) is 29.9 Å². The van der Waals surface area contributed by atoms with Gasteiger partial charge in [-0.15, -0.1) is 5.10 Å². The molecule has 0 bridgehead atoms. The van der Waals surface area contributed by atoms with Gasteiger partial charge in [0.25, 0.3) is 0 Å². The zero-order chi connectivity index (χ0) is 17.6. The summed E-state index contributed by atoms with van der Waals surface area (Å²) >= 11 is 0. The number of carbonyl (C=O) groups is 1. The van der Waals surface area contributed by atoms with Crippen LogP contribution in [0.15, 0.2) is 6.33 Å². The third kappa shape index (κ3) is 2.82. The van der Waals surface area contributed by atoms with E-state index in [2.05, 4.69) is 25.2 Å². The van der Waals surface area contributed by atoms with Crippen LogP contribution in [-0.2, 0) is 16.1 Å². The van der Waals surface area contributed by atoms with Crippen LogP contribution in [-0.4, -0.2) is 74.2 Å². The van der Waals surface area contributed by atoms with Gasteiger partial charge in [-0.25, -0.2) is 14.6 Å². The minimum absolute atomic E-state index is 0.00346. The molecule has 0 aromatic carbocycles. The largest absolute Gasteiger partial charge is 0.372 e. The number of morpholine rings is 1. The van der Waals surface area contributed by atoms with Gasteiger partial charge in [0.15, 0.2) is 17.0 Å². The van der Waals surface area contributed by atoms with Crippen molar-refractivity contribution in [3.05, 3.63) is 6.33 Å². The highest BCUT2D eigenvalue weighted by atomic mass is 16.5. The minimum Gasteiger partial charge on any atom is -0.372 e. The topological polar surface area (TPSA) is 89.3 Å². The minimum atomic E-state index is 0.00346. The Morgan fingerprint density at radius 1 is 1.20 bits per heavy atom. The van der Waals surface area contributed by atoms with Crippen LogP contribution in [0.2, 0.25) is 0 Å². The summed E-state index contributed by atoms with van der Waals surface area (Å²) in [6.45, 7) is 9.38. The van der Waals surface area contributed by atoms with E-state index in [-0.39, 0.29) is 24.0 Å². The number of hydrogen-bond acceptors (Lipinski definition) is 7. The van der Waals surface area contributed by atoms with E-state index in [4.69, 9.17) is 4.74 Å². The molecule has 4 heterocycles. The van der Waals surface area contributed by atoms with E-state index in [1.54, 1.807) is 4.68 Å². The number of fused-ring (bicyclic) bond motifs is 1. The lowest BCUT2D eigenvalue weighted by atomic mass is 9.97. The third-order valence-electron chi connectivity index (χ3n) is 4.84. The molecular formula is C16H23N7O2. The maximum Gasteiger partial charge on any atom is 0.229 e. The molecule has 2 aromatic rings. The van der Waals surface area contributed by atoms with Gasteiger partial charge in [0.2, 0.25) is 5.91 Å². The number of anilines is 1. The second-order valence-electron chi connectivity index (χ2n) is 6.88. The first kappa shape index (κ1) is 16.2. The molecule has 2 aromatic heterocycles. The zero-order valence-corrected chi connectivity index (χ0v) is 14.8. The monoisotopic (exact) mass is 345 g/mol. The number of carbonyl (C=O) groups excluding carboxylic acids is 1. The van der Waals surface area contributed by atoms with Gasteiger partial charge in [0, 0.05) is 32.7 Å². The molecule has 0 aliphatic carbocycles. The fourth-order valence-electron chi connectivity index (χ4n) is 3.65. The highest BCUT2D eigenvalue weighted by Crippen LogP contribution is 2.29. The standard InChI is InChI=1S/C16H23N7O2/c1-4-23-15-13(19-20-23)14(17-9-18-15)21-7-12(8-21)16(24)22-5-10(2)25-11(3)6-22/h9-12H,4-8H2,1-3H3. The Labute approximate surface area is 146 Å². The normalized spacial score (nSPS) is 24.6. The Morgan fingerprint density at radius 2 is 1.92 bits per heavy atom. The van der Waals surface area contributed by atoms with Crippen molar-refractivity contribution in [2.75, 3.05) is 31.1 Å². The smallest absolute Gasteiger partial charge is 0.229 e. The van der Waals surface area contributed by atoms with Crippen LogP contribution >= 0.6 is 0 Å². The van der Waals surface area contributed by atoms with Crippen molar-refractivity contribution < 1.29 is 9.53 Å². The lowest BCUT2D eigenvalue weighted by Crippen LogP contribution is -2.58. The summed E-state index contributed by atoms with van der Waals surface area (Å²) in [7, 11) is 0. The fraction of sp³-hybridized carbons (Fsp3) is 0.688. The number of hydrogen-bond donors (Lipinski definition) is 0. The molecule has 134 valence electrons. The van der Waals surface area contributed by atoms with Gasteiger partial charge in [0.05, 0.1) is 18.1 Å². The zero-order valence-electron chi connectivity index (χ0n) is 14.8. The average molecular weight is 345 g/mol. The van der Waals surface area contributed by atoms with Crippen molar-refractivity contribution in [3.8, 4) is 0 Å². The summed E-state index contributed by atoms with van der Waals surface area (Å²) in [5.41, 5.74) is 1.43. The summed E-state index contributed by atoms with van der Waals surface area (Å²) in [5.74, 6) is 0.974. The number of rotatable bonds is 3. The second kappa shape index (κ2) is 6.21. The van der Waals surface area contributed by atoms with Crippen LogP contribution in [0.4, 0.5) is 5.82 Å². The molecule has 0 radical (unpaired) electrons. The van der Waals surface area contributed by atoms with Crippen molar-refractivity contribution in [2.45, 2.75) is 39.5 Å². The van der Waals surface area contributed by atoms with Crippen LogP contribution in [0.25, 0.3) is 11.2 Å². The summed E-state index contributed by atoms with van der Waals surface area (Å²) < 4.78 is 7.46. The summed E-state index contributed by atoms with van der Waals surface area (Å²) in [6.07, 6.45) is 1.72. The molecule has 2 unspecified atom stereocenters. The Balaban J connectivity index is 1.45. The molecule has 9 heteroatoms. The van der Waals surface area contributed by atoms with Gasteiger partial charge in [-0.2, -0.15) is 0 Å². The molecule has 2 aliphatic rings. The maximum absolute atomic E-state index is 12.7. The molecule has 2 saturated heterocycles. The average Bonchev–Trinajstić information content (AvgIpc) is 2.96. The van der Waals surface area contributed by atoms with Gasteiger partial charge in [0.1, 0.15) is 6.33 Å². The molecule has 1 amide bonds. The number of aryl methyl sites for hydroxylation is 1. The summed E-state index contributed by atoms with van der Waals surface area (Å²) in [5, 5.41) is 8.31. The van der Waals surface area contributed by atoms with E-state index in [1.807, 2.05) is 25.7 Å². The Morgan fingerprint density at radius 3 is 2.60 bits per heavy atom. The number of nitrogens with zero attached hydrogens (tertiary/aromatic N) is 7. The van der Waals surface area contributed by atoms with Crippen LogP contribution in [0.1, 0.15) is 20.8 Å². The van der Waals surface area contributed by atoms with Gasteiger partial charge in [-0.05, 0) is 20.8 Å². The molecule has 2 fully saturated rings. The molecule has 9 nitrogen and oxygen atoms in total. The number of aromatic nitrogens is 5. The van der Waals surface area contributed by atoms with E-state index in [1.165, 1.54) is 6.33 Å². The number of ether oxygens (including phenoxy) is 1. The molecule has 0 spiro atoms. The van der Waals surface area contributed by atoms with Gasteiger partial charge in [-0.1, -0.05) is 5.21 Å². The lowest BCUT2D eigenvalue weighted by molar-refractivity contribution is -0.148. The van der Waals surface area contributed by atoms with E-state index in [0.717, 1.165) is 11.5 Å². The second-order valence-corrected chi connectivity index (χ2v) is 6.88. The van der Waals surface area contributed by atoms with Gasteiger partial charge in [-0.3, -0.25) is 4.79 Å². The number of amides is 1. The molecular weight excluding hydrogens is 322 g/mol. The van der Waals surface area contributed by atoms with Crippen LogP contribution in [0, 0.1) is 5.92 Å². The first-order chi connectivity index (χ1) is 12.1. The fourth-order valence-corrected chi connectivity index (χ4v) is 3.65. The van der Waals surface area contributed by atoms with Crippen molar-refractivity contribution in [1.29, 1.82) is 0 Å². The first-order valence-corrected chi connectivity index (χ1v) is 8.80. The summed E-state index contributed by atoms with van der Waals surface area (Å²) in [4.78, 5) is 25.4. The predicted molar refractivity (Wildman–Crippen MR) is 91.1 cm³/mol. The van der Waals surface area contributed by atoms with Crippen molar-refractivity contribution in [2.24, 2.45) is 5.92 Å². The quantitative estimate of drug-likeness (QED) is 0.791. The highest BCUT2D eigenvalue weighted by molar-refractivity contribution is 5.86. The lowest BCUT2D eigenvalue weighted by Gasteiger charge is -2.43. The van der Waals surface area contributed by atoms with E-state index in [9.17, 15) is 4.79 Å². The van der Waals surface area contributed by atoms with Crippen LogP contribution in [0.5, 0.6) is 0 Å². The highest BCUT2D eigenvalue weighted by Gasteiger charge is 2.39. The van der Waals surface area contributed by atoms with E-state index < -0.39 is 0 Å². The molecule has 2 aliphatic heterocycles. The van der Waals surface area contributed by atoms with Crippen molar-refractivity contribution in [3.63, 3.8) is 0 Å². The van der Waals surface area contributed by atoms with E-state index in [0.29, 0.717) is 38.2 Å². The molecule has 2 atom stereocenters. The molecule has 25 heavy (non-hydrogen) atoms.